The second-order valence-corrected chi connectivity index (χ2v) is 12.9. The van der Waals surface area contributed by atoms with Crippen molar-refractivity contribution in [3.05, 3.63) is 92.9 Å². The molecule has 41 heavy (non-hydrogen) atoms. The monoisotopic (exact) mass is 637 g/mol. The molecular formula is C30H34Cl3N3O4S. The third-order valence-corrected chi connectivity index (χ3v) is 9.37. The van der Waals surface area contributed by atoms with Crippen LogP contribution in [0.15, 0.2) is 71.6 Å². The summed E-state index contributed by atoms with van der Waals surface area (Å²) >= 11 is 18.5. The number of sulfonamides is 1. The van der Waals surface area contributed by atoms with Gasteiger partial charge in [-0.25, -0.2) is 8.42 Å². The standard InChI is InChI=1S/C30H34Cl3N3O4S/c1-5-21(4)34-30(38)28(6-2)35(18-22-9-10-24(32)17-27(22)33)29(37)19-36(25-13-7-20(3)8-14-25)41(39,40)26-15-11-23(31)12-16-26/h7-17,21,28H,5-6,18-19H2,1-4H3,(H,34,38)/t21-,28+/m1/s1. The molecule has 0 bridgehead atoms. The Hall–Kier alpha value is -2.78. The van der Waals surface area contributed by atoms with E-state index >= 15 is 0 Å². The minimum absolute atomic E-state index is 0.0238. The van der Waals surface area contributed by atoms with Crippen molar-refractivity contribution in [3.63, 3.8) is 0 Å². The number of aryl methyl sites for hydroxylation is 1. The molecule has 0 saturated heterocycles. The van der Waals surface area contributed by atoms with Gasteiger partial charge in [-0.05, 0) is 80.8 Å². The van der Waals surface area contributed by atoms with Gasteiger partial charge in [0.15, 0.2) is 0 Å². The number of hydrogen-bond donors (Lipinski definition) is 1. The van der Waals surface area contributed by atoms with Crippen LogP contribution in [0.4, 0.5) is 5.69 Å². The van der Waals surface area contributed by atoms with E-state index in [1.165, 1.54) is 29.2 Å². The summed E-state index contributed by atoms with van der Waals surface area (Å²) in [7, 11) is -4.19. The average Bonchev–Trinajstić information content (AvgIpc) is 2.93. The lowest BCUT2D eigenvalue weighted by atomic mass is 10.1. The summed E-state index contributed by atoms with van der Waals surface area (Å²) in [5.41, 5.74) is 1.80. The molecule has 0 saturated carbocycles. The number of anilines is 1. The lowest BCUT2D eigenvalue weighted by molar-refractivity contribution is -0.140. The maximum Gasteiger partial charge on any atom is 0.264 e. The predicted octanol–water partition coefficient (Wildman–Crippen LogP) is 6.87. The molecular weight excluding hydrogens is 605 g/mol. The topological polar surface area (TPSA) is 86.8 Å². The quantitative estimate of drug-likeness (QED) is 0.235. The molecule has 0 fully saturated rings. The highest BCUT2D eigenvalue weighted by Gasteiger charge is 2.34. The summed E-state index contributed by atoms with van der Waals surface area (Å²) in [6.45, 7) is 6.93. The van der Waals surface area contributed by atoms with Crippen LogP contribution in [0, 0.1) is 6.92 Å². The first-order valence-corrected chi connectivity index (χ1v) is 15.8. The third-order valence-electron chi connectivity index (χ3n) is 6.75. The number of rotatable bonds is 12. The van der Waals surface area contributed by atoms with Gasteiger partial charge in [0.05, 0.1) is 10.6 Å². The van der Waals surface area contributed by atoms with Crippen LogP contribution in [0.1, 0.15) is 44.7 Å². The van der Waals surface area contributed by atoms with Gasteiger partial charge in [0.25, 0.3) is 10.0 Å². The number of benzene rings is 3. The van der Waals surface area contributed by atoms with Crippen molar-refractivity contribution in [1.29, 1.82) is 0 Å². The molecule has 0 heterocycles. The van der Waals surface area contributed by atoms with Crippen LogP contribution in [0.3, 0.4) is 0 Å². The van der Waals surface area contributed by atoms with Crippen molar-refractivity contribution < 1.29 is 18.0 Å². The van der Waals surface area contributed by atoms with Crippen molar-refractivity contribution in [3.8, 4) is 0 Å². The Labute approximate surface area is 257 Å². The van der Waals surface area contributed by atoms with Crippen LogP contribution in [0.2, 0.25) is 15.1 Å². The first-order valence-electron chi connectivity index (χ1n) is 13.3. The van der Waals surface area contributed by atoms with Crippen LogP contribution < -0.4 is 9.62 Å². The SMILES string of the molecule is CC[C@@H](C)NC(=O)[C@H](CC)N(Cc1ccc(Cl)cc1Cl)C(=O)CN(c1ccc(C)cc1)S(=O)(=O)c1ccc(Cl)cc1. The molecule has 11 heteroatoms. The fraction of sp³-hybridized carbons (Fsp3) is 0.333. The third kappa shape index (κ3) is 8.38. The number of halogens is 3. The van der Waals surface area contributed by atoms with Gasteiger partial charge in [-0.2, -0.15) is 0 Å². The van der Waals surface area contributed by atoms with Gasteiger partial charge >= 0.3 is 0 Å². The van der Waals surface area contributed by atoms with Gasteiger partial charge in [-0.3, -0.25) is 13.9 Å². The molecule has 3 aromatic rings. The molecule has 0 aliphatic heterocycles. The summed E-state index contributed by atoms with van der Waals surface area (Å²) in [6.07, 6.45) is 1.01. The second kappa shape index (κ2) is 14.4. The zero-order valence-electron chi connectivity index (χ0n) is 23.4. The maximum atomic E-state index is 14.1. The number of amides is 2. The maximum absolute atomic E-state index is 14.1. The molecule has 220 valence electrons. The lowest BCUT2D eigenvalue weighted by Gasteiger charge is -2.34. The molecule has 0 unspecified atom stereocenters. The summed E-state index contributed by atoms with van der Waals surface area (Å²) in [5, 5.41) is 4.09. The number of nitrogens with zero attached hydrogens (tertiary/aromatic N) is 2. The minimum atomic E-state index is -4.19. The van der Waals surface area contributed by atoms with Crippen molar-refractivity contribution in [2.45, 2.75) is 64.1 Å². The van der Waals surface area contributed by atoms with Crippen LogP contribution in [-0.2, 0) is 26.2 Å². The highest BCUT2D eigenvalue weighted by molar-refractivity contribution is 7.92. The van der Waals surface area contributed by atoms with Gasteiger partial charge in [0, 0.05) is 27.7 Å². The molecule has 0 spiro atoms. The second-order valence-electron chi connectivity index (χ2n) is 9.80. The highest BCUT2D eigenvalue weighted by Crippen LogP contribution is 2.27. The molecule has 0 radical (unpaired) electrons. The van der Waals surface area contributed by atoms with E-state index in [2.05, 4.69) is 5.32 Å². The Bertz CT molecular complexity index is 1470. The number of carbonyl (C=O) groups excluding carboxylic acids is 2. The fourth-order valence-electron chi connectivity index (χ4n) is 4.17. The molecule has 0 aliphatic carbocycles. The molecule has 2 amide bonds. The largest absolute Gasteiger partial charge is 0.352 e. The normalized spacial score (nSPS) is 12.9. The van der Waals surface area contributed by atoms with Crippen LogP contribution in [-0.4, -0.2) is 43.8 Å². The van der Waals surface area contributed by atoms with E-state index in [9.17, 15) is 18.0 Å². The molecule has 2 atom stereocenters. The zero-order valence-corrected chi connectivity index (χ0v) is 26.5. The van der Waals surface area contributed by atoms with E-state index in [-0.39, 0.29) is 23.4 Å². The van der Waals surface area contributed by atoms with Gasteiger partial charge in [-0.1, -0.05) is 72.4 Å². The van der Waals surface area contributed by atoms with E-state index in [4.69, 9.17) is 34.8 Å². The molecule has 1 N–H and O–H groups in total. The molecule has 3 aromatic carbocycles. The van der Waals surface area contributed by atoms with Gasteiger partial charge < -0.3 is 10.2 Å². The Kier molecular flexibility index (Phi) is 11.5. The summed E-state index contributed by atoms with van der Waals surface area (Å²) < 4.78 is 28.8. The van der Waals surface area contributed by atoms with Gasteiger partial charge in [0.2, 0.25) is 11.8 Å². The van der Waals surface area contributed by atoms with Crippen molar-refractivity contribution in [2.75, 3.05) is 10.8 Å². The summed E-state index contributed by atoms with van der Waals surface area (Å²) in [6, 6.07) is 16.5. The number of hydrogen-bond acceptors (Lipinski definition) is 4. The van der Waals surface area contributed by atoms with Gasteiger partial charge in [0.1, 0.15) is 12.6 Å². The first-order chi connectivity index (χ1) is 19.4. The Morgan fingerprint density at radius 3 is 2.05 bits per heavy atom. The Balaban J connectivity index is 2.08. The van der Waals surface area contributed by atoms with E-state index in [1.807, 2.05) is 20.8 Å². The Morgan fingerprint density at radius 1 is 0.878 bits per heavy atom. The van der Waals surface area contributed by atoms with E-state index < -0.39 is 28.5 Å². The van der Waals surface area contributed by atoms with E-state index in [0.29, 0.717) is 39.2 Å². The van der Waals surface area contributed by atoms with Crippen LogP contribution in [0.25, 0.3) is 0 Å². The molecule has 0 aromatic heterocycles. The van der Waals surface area contributed by atoms with E-state index in [0.717, 1.165) is 9.87 Å². The van der Waals surface area contributed by atoms with Gasteiger partial charge in [-0.15, -0.1) is 0 Å². The number of nitrogens with one attached hydrogen (secondary N) is 1. The summed E-state index contributed by atoms with van der Waals surface area (Å²) in [5.74, 6) is -0.900. The van der Waals surface area contributed by atoms with Crippen molar-refractivity contribution in [1.82, 2.24) is 10.2 Å². The molecule has 7 nitrogen and oxygen atoms in total. The van der Waals surface area contributed by atoms with Crippen LogP contribution in [0.5, 0.6) is 0 Å². The fourth-order valence-corrected chi connectivity index (χ4v) is 6.18. The van der Waals surface area contributed by atoms with Crippen molar-refractivity contribution in [2.24, 2.45) is 0 Å². The van der Waals surface area contributed by atoms with E-state index in [1.54, 1.807) is 49.4 Å². The number of carbonyl (C=O) groups is 2. The Morgan fingerprint density at radius 2 is 1.49 bits per heavy atom. The zero-order chi connectivity index (χ0) is 30.3. The predicted molar refractivity (Wildman–Crippen MR) is 166 cm³/mol. The smallest absolute Gasteiger partial charge is 0.264 e. The highest BCUT2D eigenvalue weighted by atomic mass is 35.5. The molecule has 3 rings (SSSR count). The minimum Gasteiger partial charge on any atom is -0.352 e. The average molecular weight is 639 g/mol. The summed E-state index contributed by atoms with van der Waals surface area (Å²) in [4.78, 5) is 28.8. The first kappa shape index (κ1) is 32.7. The molecule has 0 aliphatic rings. The van der Waals surface area contributed by atoms with Crippen molar-refractivity contribution >= 4 is 62.3 Å². The van der Waals surface area contributed by atoms with Crippen LogP contribution >= 0.6 is 34.8 Å². The lowest BCUT2D eigenvalue weighted by Crippen LogP contribution is -2.53.